The number of piperidine rings is 1. The van der Waals surface area contributed by atoms with E-state index in [1.165, 1.54) is 17.6 Å². The Hall–Kier alpha value is -3.06. The van der Waals surface area contributed by atoms with Crippen molar-refractivity contribution in [1.82, 2.24) is 19.5 Å². The molecule has 3 aromatic rings. The van der Waals surface area contributed by atoms with Crippen molar-refractivity contribution in [2.24, 2.45) is 0 Å². The van der Waals surface area contributed by atoms with Crippen LogP contribution in [0, 0.1) is 13.8 Å². The Labute approximate surface area is 169 Å². The molecule has 0 radical (unpaired) electrons. The molecular formula is C22H24N4O3. The molecule has 0 unspecified atom stereocenters. The molecule has 1 N–H and O–H groups in total. The van der Waals surface area contributed by atoms with E-state index in [0.717, 1.165) is 11.1 Å². The molecule has 29 heavy (non-hydrogen) atoms. The number of amides is 1. The Morgan fingerprint density at radius 1 is 1.14 bits per heavy atom. The number of fused-ring (bicyclic) bond motifs is 1. The fourth-order valence-electron chi connectivity index (χ4n) is 3.96. The van der Waals surface area contributed by atoms with Crippen LogP contribution in [0.5, 0.6) is 0 Å². The number of benzene rings is 1. The van der Waals surface area contributed by atoms with Crippen LogP contribution in [0.4, 0.5) is 0 Å². The van der Waals surface area contributed by atoms with E-state index in [4.69, 9.17) is 0 Å². The van der Waals surface area contributed by atoms with E-state index in [-0.39, 0.29) is 11.7 Å². The highest BCUT2D eigenvalue weighted by atomic mass is 16.3. The molecule has 0 saturated carbocycles. The largest absolute Gasteiger partial charge is 0.385 e. The Morgan fingerprint density at radius 2 is 1.86 bits per heavy atom. The molecule has 1 fully saturated rings. The smallest absolute Gasteiger partial charge is 0.274 e. The van der Waals surface area contributed by atoms with Gasteiger partial charge >= 0.3 is 0 Å². The number of carbonyl (C=O) groups is 2. The zero-order valence-corrected chi connectivity index (χ0v) is 16.8. The topological polar surface area (TPSA) is 87.8 Å². The first-order valence-corrected chi connectivity index (χ1v) is 9.74. The maximum atomic E-state index is 13.0. The third kappa shape index (κ3) is 3.42. The van der Waals surface area contributed by atoms with Crippen LogP contribution in [0.2, 0.25) is 0 Å². The Kier molecular flexibility index (Phi) is 4.70. The van der Waals surface area contributed by atoms with Gasteiger partial charge in [0.25, 0.3) is 5.91 Å². The minimum atomic E-state index is -0.920. The number of Topliss-reactive ketones (excluding diaryl/α,β-unsaturated/α-hetero) is 1. The van der Waals surface area contributed by atoms with Gasteiger partial charge in [0, 0.05) is 25.4 Å². The van der Waals surface area contributed by atoms with Gasteiger partial charge in [-0.25, -0.2) is 9.50 Å². The van der Waals surface area contributed by atoms with Crippen molar-refractivity contribution in [3.8, 4) is 0 Å². The lowest BCUT2D eigenvalue weighted by Crippen LogP contribution is -2.45. The molecule has 7 nitrogen and oxygen atoms in total. The average molecular weight is 392 g/mol. The van der Waals surface area contributed by atoms with Gasteiger partial charge in [-0.15, -0.1) is 0 Å². The number of rotatable bonds is 3. The van der Waals surface area contributed by atoms with Gasteiger partial charge in [0.15, 0.2) is 17.1 Å². The highest BCUT2D eigenvalue weighted by Gasteiger charge is 2.36. The van der Waals surface area contributed by atoms with Crippen LogP contribution in [0.3, 0.4) is 0 Å². The molecule has 0 atom stereocenters. The molecule has 1 aromatic carbocycles. The average Bonchev–Trinajstić information content (AvgIpc) is 3.13. The fraction of sp³-hybridized carbons (Fsp3) is 0.364. The first kappa shape index (κ1) is 19.3. The number of aromatic nitrogens is 3. The molecule has 1 aliphatic heterocycles. The van der Waals surface area contributed by atoms with Crippen molar-refractivity contribution in [3.63, 3.8) is 0 Å². The summed E-state index contributed by atoms with van der Waals surface area (Å²) in [5.41, 5.74) is 3.05. The molecule has 2 aromatic heterocycles. The highest BCUT2D eigenvalue weighted by Crippen LogP contribution is 2.33. The van der Waals surface area contributed by atoms with Gasteiger partial charge in [-0.05, 0) is 39.2 Å². The lowest BCUT2D eigenvalue weighted by atomic mass is 9.84. The quantitative estimate of drug-likeness (QED) is 0.693. The van der Waals surface area contributed by atoms with Gasteiger partial charge in [-0.1, -0.05) is 29.8 Å². The molecule has 3 heterocycles. The van der Waals surface area contributed by atoms with Crippen molar-refractivity contribution in [2.45, 2.75) is 39.2 Å². The van der Waals surface area contributed by atoms with E-state index < -0.39 is 5.60 Å². The van der Waals surface area contributed by atoms with Gasteiger partial charge in [0.05, 0.1) is 16.9 Å². The Morgan fingerprint density at radius 3 is 2.52 bits per heavy atom. The second-order valence-corrected chi connectivity index (χ2v) is 7.81. The minimum absolute atomic E-state index is 0.0910. The van der Waals surface area contributed by atoms with E-state index in [1.54, 1.807) is 17.9 Å². The lowest BCUT2D eigenvalue weighted by molar-refractivity contribution is -0.0213. The molecule has 1 aliphatic rings. The normalized spacial score (nSPS) is 16.2. The van der Waals surface area contributed by atoms with E-state index in [0.29, 0.717) is 48.5 Å². The van der Waals surface area contributed by atoms with Crippen molar-refractivity contribution in [3.05, 3.63) is 64.6 Å². The number of aliphatic hydroxyl groups is 1. The number of hydrogen-bond donors (Lipinski definition) is 1. The maximum absolute atomic E-state index is 13.0. The van der Waals surface area contributed by atoms with Crippen LogP contribution >= 0.6 is 0 Å². The van der Waals surface area contributed by atoms with Gasteiger partial charge in [0.2, 0.25) is 0 Å². The summed E-state index contributed by atoms with van der Waals surface area (Å²) in [6.45, 7) is 6.16. The van der Waals surface area contributed by atoms with Crippen molar-refractivity contribution in [1.29, 1.82) is 0 Å². The van der Waals surface area contributed by atoms with Gasteiger partial charge in [0.1, 0.15) is 0 Å². The third-order valence-corrected chi connectivity index (χ3v) is 5.76. The van der Waals surface area contributed by atoms with Crippen LogP contribution in [-0.4, -0.2) is 49.4 Å². The monoisotopic (exact) mass is 392 g/mol. The second-order valence-electron chi connectivity index (χ2n) is 7.81. The van der Waals surface area contributed by atoms with Crippen molar-refractivity contribution < 1.29 is 14.7 Å². The summed E-state index contributed by atoms with van der Waals surface area (Å²) >= 11 is 0. The fourth-order valence-corrected chi connectivity index (χ4v) is 3.96. The highest BCUT2D eigenvalue weighted by molar-refractivity contribution is 5.96. The van der Waals surface area contributed by atoms with E-state index >= 15 is 0 Å². The molecule has 150 valence electrons. The van der Waals surface area contributed by atoms with Crippen LogP contribution in [0.25, 0.3) is 5.65 Å². The maximum Gasteiger partial charge on any atom is 0.274 e. The number of likely N-dealkylation sites (tertiary alicyclic amines) is 1. The lowest BCUT2D eigenvalue weighted by Gasteiger charge is -2.38. The Bertz CT molecular complexity index is 1110. The van der Waals surface area contributed by atoms with E-state index in [2.05, 4.69) is 10.1 Å². The summed E-state index contributed by atoms with van der Waals surface area (Å²) in [5, 5.41) is 15.5. The number of ketones is 1. The van der Waals surface area contributed by atoms with Gasteiger partial charge in [-0.3, -0.25) is 9.59 Å². The van der Waals surface area contributed by atoms with Gasteiger partial charge in [-0.2, -0.15) is 5.10 Å². The third-order valence-electron chi connectivity index (χ3n) is 5.76. The molecular weight excluding hydrogens is 368 g/mol. The molecule has 1 amide bonds. The zero-order valence-electron chi connectivity index (χ0n) is 16.8. The van der Waals surface area contributed by atoms with E-state index in [9.17, 15) is 14.7 Å². The molecule has 7 heteroatoms. The SMILES string of the molecule is CC(=O)c1cnc2cc(C(=O)N3CCC(O)(c4cccc(C)c4)CC3)nn2c1C. The summed E-state index contributed by atoms with van der Waals surface area (Å²) in [6.07, 6.45) is 2.47. The first-order chi connectivity index (χ1) is 13.8. The summed E-state index contributed by atoms with van der Waals surface area (Å²) in [5.74, 6) is -0.280. The number of aryl methyl sites for hydroxylation is 2. The standard InChI is InChI=1S/C22H24N4O3/c1-14-5-4-6-17(11-14)22(29)7-9-25(10-8-22)21(28)19-12-20-23-13-18(16(3)27)15(2)26(20)24-19/h4-6,11-13,29H,7-10H2,1-3H3. The van der Waals surface area contributed by atoms with Crippen molar-refractivity contribution >= 4 is 17.3 Å². The molecule has 0 aliphatic carbocycles. The molecule has 0 spiro atoms. The number of nitrogens with zero attached hydrogens (tertiary/aromatic N) is 4. The van der Waals surface area contributed by atoms with Crippen LogP contribution < -0.4 is 0 Å². The Balaban J connectivity index is 1.54. The second kappa shape index (κ2) is 7.08. The number of carbonyl (C=O) groups excluding carboxylic acids is 2. The summed E-state index contributed by atoms with van der Waals surface area (Å²) < 4.78 is 1.54. The molecule has 1 saturated heterocycles. The van der Waals surface area contributed by atoms with Crippen molar-refractivity contribution in [2.75, 3.05) is 13.1 Å². The molecule has 4 rings (SSSR count). The van der Waals surface area contributed by atoms with Gasteiger partial charge < -0.3 is 10.0 Å². The van der Waals surface area contributed by atoms with Crippen LogP contribution in [0.15, 0.2) is 36.5 Å². The summed E-state index contributed by atoms with van der Waals surface area (Å²) in [6, 6.07) is 9.53. The zero-order chi connectivity index (χ0) is 20.8. The molecule has 0 bridgehead atoms. The number of hydrogen-bond acceptors (Lipinski definition) is 5. The minimum Gasteiger partial charge on any atom is -0.385 e. The van der Waals surface area contributed by atoms with Crippen LogP contribution in [0.1, 0.15) is 57.4 Å². The predicted molar refractivity (Wildman–Crippen MR) is 108 cm³/mol. The summed E-state index contributed by atoms with van der Waals surface area (Å²) in [4.78, 5) is 30.7. The summed E-state index contributed by atoms with van der Waals surface area (Å²) in [7, 11) is 0. The van der Waals surface area contributed by atoms with E-state index in [1.807, 2.05) is 31.2 Å². The predicted octanol–water partition coefficient (Wildman–Crippen LogP) is 2.67. The van der Waals surface area contributed by atoms with Crippen LogP contribution in [-0.2, 0) is 5.60 Å². The first-order valence-electron chi connectivity index (χ1n) is 9.74.